The normalized spacial score (nSPS) is 15.8. The molecule has 0 N–H and O–H groups in total. The van der Waals surface area contributed by atoms with Gasteiger partial charge >= 0.3 is 0 Å². The summed E-state index contributed by atoms with van der Waals surface area (Å²) in [5.74, 6) is -0.394. The molecule has 1 aliphatic heterocycles. The fourth-order valence-corrected chi connectivity index (χ4v) is 5.60. The van der Waals surface area contributed by atoms with Crippen LogP contribution >= 0.6 is 0 Å². The van der Waals surface area contributed by atoms with Crippen molar-refractivity contribution in [3.8, 4) is 0 Å². The number of amides is 1. The van der Waals surface area contributed by atoms with Gasteiger partial charge in [-0.15, -0.1) is 0 Å². The molecule has 10 heteroatoms. The highest BCUT2D eigenvalue weighted by Crippen LogP contribution is 2.17. The molecule has 0 aromatic heterocycles. The van der Waals surface area contributed by atoms with Gasteiger partial charge in [-0.05, 0) is 35.9 Å². The molecule has 1 heterocycles. The van der Waals surface area contributed by atoms with E-state index < -0.39 is 19.9 Å². The van der Waals surface area contributed by atoms with Crippen molar-refractivity contribution in [1.29, 1.82) is 0 Å². The summed E-state index contributed by atoms with van der Waals surface area (Å²) in [5.41, 5.74) is 1.15. The Morgan fingerprint density at radius 2 is 1.56 bits per heavy atom. The SMILES string of the molecule is COCCS(=O)(=O)c1ccc(C(=O)N2CCN(S(=O)(=O)/C=C/c3ccccc3)CC2)cc1. The lowest BCUT2D eigenvalue weighted by molar-refractivity contribution is 0.0698. The third-order valence-electron chi connectivity index (χ3n) is 5.13. The number of hydrogen-bond donors (Lipinski definition) is 0. The molecule has 172 valence electrons. The maximum absolute atomic E-state index is 12.8. The molecule has 0 saturated carbocycles. The zero-order valence-corrected chi connectivity index (χ0v) is 19.4. The quantitative estimate of drug-likeness (QED) is 0.574. The number of carbonyl (C=O) groups is 1. The molecule has 1 fully saturated rings. The fraction of sp³-hybridized carbons (Fsp3) is 0.318. The van der Waals surface area contributed by atoms with Crippen LogP contribution in [0, 0.1) is 0 Å². The van der Waals surface area contributed by atoms with E-state index in [1.165, 1.54) is 41.1 Å². The second-order valence-corrected chi connectivity index (χ2v) is 11.2. The van der Waals surface area contributed by atoms with Gasteiger partial charge in [0.25, 0.3) is 5.91 Å². The van der Waals surface area contributed by atoms with Crippen LogP contribution in [0.25, 0.3) is 6.08 Å². The molecule has 0 bridgehead atoms. The zero-order valence-electron chi connectivity index (χ0n) is 17.8. The fourth-order valence-electron chi connectivity index (χ4n) is 3.26. The Labute approximate surface area is 189 Å². The van der Waals surface area contributed by atoms with Gasteiger partial charge in [-0.25, -0.2) is 16.8 Å². The van der Waals surface area contributed by atoms with Crippen LogP contribution in [0.3, 0.4) is 0 Å². The van der Waals surface area contributed by atoms with Crippen molar-refractivity contribution in [1.82, 2.24) is 9.21 Å². The zero-order chi connectivity index (χ0) is 23.2. The molecule has 0 radical (unpaired) electrons. The number of rotatable bonds is 8. The first-order chi connectivity index (χ1) is 15.2. The van der Waals surface area contributed by atoms with E-state index in [4.69, 9.17) is 4.74 Å². The minimum Gasteiger partial charge on any atom is -0.384 e. The highest BCUT2D eigenvalue weighted by molar-refractivity contribution is 7.92. The second-order valence-electron chi connectivity index (χ2n) is 7.29. The predicted molar refractivity (Wildman–Crippen MR) is 122 cm³/mol. The van der Waals surface area contributed by atoms with Gasteiger partial charge in [0.15, 0.2) is 9.84 Å². The summed E-state index contributed by atoms with van der Waals surface area (Å²) in [4.78, 5) is 14.5. The van der Waals surface area contributed by atoms with Crippen molar-refractivity contribution in [3.05, 3.63) is 71.1 Å². The predicted octanol–water partition coefficient (Wildman–Crippen LogP) is 1.87. The molecule has 0 aliphatic carbocycles. The van der Waals surface area contributed by atoms with Crippen molar-refractivity contribution in [2.75, 3.05) is 45.6 Å². The molecule has 32 heavy (non-hydrogen) atoms. The van der Waals surface area contributed by atoms with Crippen LogP contribution in [0.4, 0.5) is 0 Å². The van der Waals surface area contributed by atoms with Crippen molar-refractivity contribution < 1.29 is 26.4 Å². The number of ether oxygens (including phenoxy) is 1. The molecule has 0 atom stereocenters. The molecule has 3 rings (SSSR count). The first-order valence-corrected chi connectivity index (χ1v) is 13.2. The lowest BCUT2D eigenvalue weighted by Gasteiger charge is -2.33. The average molecular weight is 479 g/mol. The van der Waals surface area contributed by atoms with E-state index in [0.29, 0.717) is 5.56 Å². The van der Waals surface area contributed by atoms with Gasteiger partial charge in [-0.1, -0.05) is 30.3 Å². The number of sulfonamides is 1. The number of hydrogen-bond acceptors (Lipinski definition) is 6. The molecule has 2 aromatic carbocycles. The number of sulfone groups is 1. The van der Waals surface area contributed by atoms with Crippen LogP contribution in [0.1, 0.15) is 15.9 Å². The molecule has 2 aromatic rings. The van der Waals surface area contributed by atoms with Gasteiger partial charge in [-0.3, -0.25) is 4.79 Å². The summed E-state index contributed by atoms with van der Waals surface area (Å²) in [5, 5.41) is 1.18. The molecule has 0 spiro atoms. The van der Waals surface area contributed by atoms with Crippen LogP contribution in [-0.4, -0.2) is 77.6 Å². The number of benzene rings is 2. The van der Waals surface area contributed by atoms with Crippen molar-refractivity contribution >= 4 is 31.8 Å². The molecule has 8 nitrogen and oxygen atoms in total. The van der Waals surface area contributed by atoms with Crippen LogP contribution in [0.5, 0.6) is 0 Å². The van der Waals surface area contributed by atoms with Gasteiger partial charge in [0.2, 0.25) is 10.0 Å². The van der Waals surface area contributed by atoms with Crippen LogP contribution in [0.2, 0.25) is 0 Å². The van der Waals surface area contributed by atoms with Crippen LogP contribution in [0.15, 0.2) is 64.9 Å². The summed E-state index contributed by atoms with van der Waals surface area (Å²) in [6.45, 7) is 0.986. The van der Waals surface area contributed by atoms with E-state index in [1.54, 1.807) is 11.0 Å². The van der Waals surface area contributed by atoms with Gasteiger partial charge in [-0.2, -0.15) is 4.31 Å². The van der Waals surface area contributed by atoms with Gasteiger partial charge in [0.05, 0.1) is 17.3 Å². The Kier molecular flexibility index (Phi) is 7.83. The molecular formula is C22H26N2O6S2. The van der Waals surface area contributed by atoms with E-state index in [0.717, 1.165) is 5.56 Å². The van der Waals surface area contributed by atoms with E-state index >= 15 is 0 Å². The van der Waals surface area contributed by atoms with Gasteiger partial charge < -0.3 is 9.64 Å². The standard InChI is InChI=1S/C22H26N2O6S2/c1-30-16-18-31(26,27)21-9-7-20(8-10-21)22(25)23-12-14-24(15-13-23)32(28,29)17-11-19-5-3-2-4-6-19/h2-11,17H,12-16,18H2,1H3/b17-11+. The summed E-state index contributed by atoms with van der Waals surface area (Å²) >= 11 is 0. The highest BCUT2D eigenvalue weighted by atomic mass is 32.2. The van der Waals surface area contributed by atoms with E-state index in [2.05, 4.69) is 0 Å². The third-order valence-corrected chi connectivity index (χ3v) is 8.39. The largest absolute Gasteiger partial charge is 0.384 e. The van der Waals surface area contributed by atoms with E-state index in [-0.39, 0.29) is 49.3 Å². The highest BCUT2D eigenvalue weighted by Gasteiger charge is 2.28. The van der Waals surface area contributed by atoms with Crippen LogP contribution < -0.4 is 0 Å². The maximum Gasteiger partial charge on any atom is 0.253 e. The lowest BCUT2D eigenvalue weighted by Crippen LogP contribution is -2.50. The number of nitrogens with zero attached hydrogens (tertiary/aromatic N) is 2. The molecule has 1 amide bonds. The Morgan fingerprint density at radius 3 is 2.16 bits per heavy atom. The Balaban J connectivity index is 1.60. The first-order valence-electron chi connectivity index (χ1n) is 10.1. The number of piperazine rings is 1. The van der Waals surface area contributed by atoms with E-state index in [1.807, 2.05) is 30.3 Å². The summed E-state index contributed by atoms with van der Waals surface area (Å²) in [6, 6.07) is 14.9. The Hall–Kier alpha value is -2.53. The van der Waals surface area contributed by atoms with Gasteiger partial charge in [0, 0.05) is 44.3 Å². The first kappa shape index (κ1) is 24.1. The van der Waals surface area contributed by atoms with E-state index in [9.17, 15) is 21.6 Å². The minimum atomic E-state index is -3.59. The molecule has 1 saturated heterocycles. The van der Waals surface area contributed by atoms with Crippen molar-refractivity contribution in [3.63, 3.8) is 0 Å². The summed E-state index contributed by atoms with van der Waals surface area (Å²) in [7, 11) is -5.62. The van der Waals surface area contributed by atoms with Crippen molar-refractivity contribution in [2.24, 2.45) is 0 Å². The second kappa shape index (κ2) is 10.4. The molecule has 0 unspecified atom stereocenters. The average Bonchev–Trinajstić information content (AvgIpc) is 2.82. The lowest BCUT2D eigenvalue weighted by atomic mass is 10.2. The maximum atomic E-state index is 12.8. The smallest absolute Gasteiger partial charge is 0.253 e. The Bertz CT molecular complexity index is 1150. The third kappa shape index (κ3) is 6.04. The molecular weight excluding hydrogens is 452 g/mol. The number of carbonyl (C=O) groups excluding carboxylic acids is 1. The van der Waals surface area contributed by atoms with Crippen LogP contribution in [-0.2, 0) is 24.6 Å². The molecule has 1 aliphatic rings. The topological polar surface area (TPSA) is 101 Å². The number of methoxy groups -OCH3 is 1. The Morgan fingerprint density at radius 1 is 0.938 bits per heavy atom. The van der Waals surface area contributed by atoms with Crippen molar-refractivity contribution in [2.45, 2.75) is 4.90 Å². The monoisotopic (exact) mass is 478 g/mol. The van der Waals surface area contributed by atoms with Gasteiger partial charge in [0.1, 0.15) is 0 Å². The minimum absolute atomic E-state index is 0.0940. The summed E-state index contributed by atoms with van der Waals surface area (Å²) < 4.78 is 55.7. The summed E-state index contributed by atoms with van der Waals surface area (Å²) in [6.07, 6.45) is 1.55.